The largest absolute Gasteiger partial charge is 0.481 e. The topological polar surface area (TPSA) is 74.9 Å². The summed E-state index contributed by atoms with van der Waals surface area (Å²) in [7, 11) is 0. The average Bonchev–Trinajstić information content (AvgIpc) is 3.11. The number of rotatable bonds is 4. The molecule has 0 saturated carbocycles. The molecule has 1 fully saturated rings. The van der Waals surface area contributed by atoms with Crippen molar-refractivity contribution in [2.75, 3.05) is 13.1 Å². The second kappa shape index (κ2) is 5.68. The lowest BCUT2D eigenvalue weighted by molar-refractivity contribution is -0.151. The molecule has 1 atom stereocenters. The molecule has 6 heteroatoms. The first-order chi connectivity index (χ1) is 10.9. The summed E-state index contributed by atoms with van der Waals surface area (Å²) < 4.78 is 1.88. The first kappa shape index (κ1) is 15.5. The number of carbonyl (C=O) groups excluding carboxylic acids is 1. The molecule has 0 aromatic carbocycles. The summed E-state index contributed by atoms with van der Waals surface area (Å²) >= 11 is 0. The van der Waals surface area contributed by atoms with E-state index < -0.39 is 11.4 Å². The summed E-state index contributed by atoms with van der Waals surface area (Å²) in [6.07, 6.45) is 4.45. The Morgan fingerprint density at radius 3 is 2.78 bits per heavy atom. The van der Waals surface area contributed by atoms with Crippen molar-refractivity contribution in [1.29, 1.82) is 0 Å². The molecule has 122 valence electrons. The van der Waals surface area contributed by atoms with E-state index in [9.17, 15) is 14.7 Å². The van der Waals surface area contributed by atoms with Crippen molar-refractivity contribution in [3.8, 4) is 0 Å². The molecular weight excluding hydrogens is 294 g/mol. The fraction of sp³-hybridized carbons (Fsp3) is 0.471. The van der Waals surface area contributed by atoms with Crippen LogP contribution in [-0.4, -0.2) is 44.4 Å². The van der Waals surface area contributed by atoms with Crippen LogP contribution in [0.2, 0.25) is 0 Å². The standard InChI is InChI=1S/C17H21N3O3/c1-12(2)17(16(22)23)6-8-20(11-17)15(21)9-13-10-19-7-4-3-5-14(19)18-13/h3-5,7,10,12H,6,8-9,11H2,1-2H3,(H,22,23). The van der Waals surface area contributed by atoms with Gasteiger partial charge in [-0.2, -0.15) is 0 Å². The average molecular weight is 315 g/mol. The van der Waals surface area contributed by atoms with Gasteiger partial charge in [-0.15, -0.1) is 0 Å². The molecule has 0 spiro atoms. The Kier molecular flexibility index (Phi) is 3.83. The summed E-state index contributed by atoms with van der Waals surface area (Å²) in [6, 6.07) is 5.70. The molecule has 2 aromatic rings. The van der Waals surface area contributed by atoms with Crippen molar-refractivity contribution in [1.82, 2.24) is 14.3 Å². The molecule has 1 aliphatic rings. The highest BCUT2D eigenvalue weighted by atomic mass is 16.4. The van der Waals surface area contributed by atoms with Crippen LogP contribution in [0.3, 0.4) is 0 Å². The van der Waals surface area contributed by atoms with Crippen molar-refractivity contribution >= 4 is 17.5 Å². The van der Waals surface area contributed by atoms with E-state index in [1.54, 1.807) is 4.90 Å². The third kappa shape index (κ3) is 2.69. The van der Waals surface area contributed by atoms with Gasteiger partial charge in [0.25, 0.3) is 0 Å². The van der Waals surface area contributed by atoms with E-state index in [1.807, 2.05) is 48.8 Å². The maximum Gasteiger partial charge on any atom is 0.311 e. The van der Waals surface area contributed by atoms with Crippen LogP contribution in [0.1, 0.15) is 26.0 Å². The van der Waals surface area contributed by atoms with E-state index in [0.717, 1.165) is 5.65 Å². The summed E-state index contributed by atoms with van der Waals surface area (Å²) in [6.45, 7) is 4.59. The Morgan fingerprint density at radius 1 is 1.39 bits per heavy atom. The molecule has 6 nitrogen and oxygen atoms in total. The molecule has 1 saturated heterocycles. The molecule has 23 heavy (non-hydrogen) atoms. The quantitative estimate of drug-likeness (QED) is 0.934. The number of nitrogens with zero attached hydrogens (tertiary/aromatic N) is 3. The normalized spacial score (nSPS) is 21.3. The van der Waals surface area contributed by atoms with Gasteiger partial charge in [-0.05, 0) is 24.5 Å². The van der Waals surface area contributed by atoms with E-state index >= 15 is 0 Å². The molecule has 1 aliphatic heterocycles. The number of fused-ring (bicyclic) bond motifs is 1. The van der Waals surface area contributed by atoms with Gasteiger partial charge < -0.3 is 14.4 Å². The summed E-state index contributed by atoms with van der Waals surface area (Å²) in [4.78, 5) is 30.3. The van der Waals surface area contributed by atoms with Gasteiger partial charge in [0, 0.05) is 25.5 Å². The summed E-state index contributed by atoms with van der Waals surface area (Å²) in [5, 5.41) is 9.57. The van der Waals surface area contributed by atoms with Crippen LogP contribution in [0, 0.1) is 11.3 Å². The van der Waals surface area contributed by atoms with Crippen molar-refractivity contribution < 1.29 is 14.7 Å². The Bertz CT molecular complexity index is 719. The minimum Gasteiger partial charge on any atom is -0.481 e. The third-order valence-electron chi connectivity index (χ3n) is 4.93. The zero-order valence-electron chi connectivity index (χ0n) is 13.4. The zero-order valence-corrected chi connectivity index (χ0v) is 13.4. The first-order valence-electron chi connectivity index (χ1n) is 7.86. The van der Waals surface area contributed by atoms with E-state index in [4.69, 9.17) is 0 Å². The number of likely N-dealkylation sites (tertiary alicyclic amines) is 1. The number of aromatic nitrogens is 2. The van der Waals surface area contributed by atoms with Gasteiger partial charge >= 0.3 is 5.97 Å². The lowest BCUT2D eigenvalue weighted by Gasteiger charge is -2.28. The van der Waals surface area contributed by atoms with Gasteiger partial charge in [0.1, 0.15) is 5.65 Å². The van der Waals surface area contributed by atoms with Crippen LogP contribution in [0.15, 0.2) is 30.6 Å². The second-order valence-electron chi connectivity index (χ2n) is 6.56. The van der Waals surface area contributed by atoms with Gasteiger partial charge in [0.2, 0.25) is 5.91 Å². The highest BCUT2D eigenvalue weighted by Crippen LogP contribution is 2.38. The number of carboxylic acids is 1. The monoisotopic (exact) mass is 315 g/mol. The van der Waals surface area contributed by atoms with Crippen molar-refractivity contribution in [2.24, 2.45) is 11.3 Å². The molecule has 3 rings (SSSR count). The van der Waals surface area contributed by atoms with Crippen molar-refractivity contribution in [3.05, 3.63) is 36.3 Å². The molecule has 0 bridgehead atoms. The van der Waals surface area contributed by atoms with Gasteiger partial charge in [0.05, 0.1) is 17.5 Å². The maximum atomic E-state index is 12.5. The van der Waals surface area contributed by atoms with Crippen LogP contribution < -0.4 is 0 Å². The SMILES string of the molecule is CC(C)C1(C(=O)O)CCN(C(=O)Cc2cn3ccccc3n2)C1. The van der Waals surface area contributed by atoms with Crippen LogP contribution in [0.5, 0.6) is 0 Å². The number of carboxylic acid groups (broad SMARTS) is 1. The number of hydrogen-bond acceptors (Lipinski definition) is 3. The van der Waals surface area contributed by atoms with Crippen molar-refractivity contribution in [3.63, 3.8) is 0 Å². The fourth-order valence-electron chi connectivity index (χ4n) is 3.28. The van der Waals surface area contributed by atoms with Gasteiger partial charge in [0.15, 0.2) is 0 Å². The summed E-state index contributed by atoms with van der Waals surface area (Å²) in [5.41, 5.74) is 0.687. The summed E-state index contributed by atoms with van der Waals surface area (Å²) in [5.74, 6) is -0.874. The maximum absolute atomic E-state index is 12.5. The van der Waals surface area contributed by atoms with E-state index in [2.05, 4.69) is 4.98 Å². The molecule has 1 N–H and O–H groups in total. The number of pyridine rings is 1. The Labute approximate surface area is 134 Å². The minimum atomic E-state index is -0.825. The second-order valence-corrected chi connectivity index (χ2v) is 6.56. The van der Waals surface area contributed by atoms with Crippen LogP contribution >= 0.6 is 0 Å². The lowest BCUT2D eigenvalue weighted by Crippen LogP contribution is -2.41. The predicted octanol–water partition coefficient (Wildman–Crippen LogP) is 1.84. The fourth-order valence-corrected chi connectivity index (χ4v) is 3.28. The van der Waals surface area contributed by atoms with E-state index in [-0.39, 0.29) is 24.8 Å². The highest BCUT2D eigenvalue weighted by Gasteiger charge is 2.48. The van der Waals surface area contributed by atoms with Crippen molar-refractivity contribution in [2.45, 2.75) is 26.7 Å². The zero-order chi connectivity index (χ0) is 16.6. The lowest BCUT2D eigenvalue weighted by atomic mass is 9.76. The van der Waals surface area contributed by atoms with Gasteiger partial charge in [-0.25, -0.2) is 4.98 Å². The number of amides is 1. The minimum absolute atomic E-state index is 0.00649. The van der Waals surface area contributed by atoms with Crippen LogP contribution in [0.4, 0.5) is 0 Å². The Hall–Kier alpha value is -2.37. The van der Waals surface area contributed by atoms with Gasteiger partial charge in [-0.1, -0.05) is 19.9 Å². The van der Waals surface area contributed by atoms with Gasteiger partial charge in [-0.3, -0.25) is 9.59 Å². The molecule has 3 heterocycles. The first-order valence-corrected chi connectivity index (χ1v) is 7.86. The van der Waals surface area contributed by atoms with Crippen LogP contribution in [0.25, 0.3) is 5.65 Å². The molecule has 2 aromatic heterocycles. The molecule has 1 amide bonds. The Balaban J connectivity index is 1.73. The van der Waals surface area contributed by atoms with E-state index in [1.165, 1.54) is 0 Å². The molecule has 1 unspecified atom stereocenters. The Morgan fingerprint density at radius 2 is 2.17 bits per heavy atom. The number of aliphatic carboxylic acids is 1. The highest BCUT2D eigenvalue weighted by molar-refractivity contribution is 5.82. The number of imidazole rings is 1. The molecule has 0 aliphatic carbocycles. The molecular formula is C17H21N3O3. The molecule has 0 radical (unpaired) electrons. The van der Waals surface area contributed by atoms with E-state index in [0.29, 0.717) is 18.7 Å². The smallest absolute Gasteiger partial charge is 0.311 e. The third-order valence-corrected chi connectivity index (χ3v) is 4.93. The predicted molar refractivity (Wildman–Crippen MR) is 85.0 cm³/mol. The number of carbonyl (C=O) groups is 2. The number of hydrogen-bond donors (Lipinski definition) is 1. The van der Waals surface area contributed by atoms with Crippen LogP contribution in [-0.2, 0) is 16.0 Å².